The van der Waals surface area contributed by atoms with Crippen molar-refractivity contribution in [3.63, 3.8) is 0 Å². The fraction of sp³-hybridized carbons (Fsp3) is 0.211. The average Bonchev–Trinajstić information content (AvgIpc) is 3.18. The summed E-state index contributed by atoms with van der Waals surface area (Å²) in [4.78, 5) is 18.3. The van der Waals surface area contributed by atoms with Gasteiger partial charge in [0.25, 0.3) is 5.89 Å². The molecule has 1 fully saturated rings. The summed E-state index contributed by atoms with van der Waals surface area (Å²) in [6.07, 6.45) is 0.911. The fourth-order valence-corrected chi connectivity index (χ4v) is 2.96. The number of amides is 2. The van der Waals surface area contributed by atoms with Gasteiger partial charge < -0.3 is 14.6 Å². The van der Waals surface area contributed by atoms with E-state index in [1.165, 1.54) is 0 Å². The van der Waals surface area contributed by atoms with Crippen LogP contribution in [-0.4, -0.2) is 36.4 Å². The molecule has 4 rings (SSSR count). The second-order valence-electron chi connectivity index (χ2n) is 5.91. The van der Waals surface area contributed by atoms with Gasteiger partial charge in [-0.3, -0.25) is 4.90 Å². The lowest BCUT2D eigenvalue weighted by Crippen LogP contribution is -2.46. The van der Waals surface area contributed by atoms with Gasteiger partial charge in [-0.15, -0.1) is 0 Å². The van der Waals surface area contributed by atoms with Gasteiger partial charge in [0, 0.05) is 24.3 Å². The number of carbonyl (C=O) groups is 1. The SMILES string of the molecule is COc1ccccc1-c1noc(-c2cccc(N3CCCNC3=O)c2)n1. The van der Waals surface area contributed by atoms with Gasteiger partial charge in [-0.05, 0) is 36.8 Å². The number of rotatable bonds is 4. The van der Waals surface area contributed by atoms with Gasteiger partial charge in [0.2, 0.25) is 5.82 Å². The van der Waals surface area contributed by atoms with Crippen molar-refractivity contribution in [2.24, 2.45) is 0 Å². The molecule has 2 aromatic carbocycles. The van der Waals surface area contributed by atoms with Crippen molar-refractivity contribution in [3.8, 4) is 28.6 Å². The molecule has 1 aliphatic rings. The highest BCUT2D eigenvalue weighted by Crippen LogP contribution is 2.30. The zero-order chi connectivity index (χ0) is 17.9. The molecule has 0 aliphatic carbocycles. The number of para-hydroxylation sites is 1. The van der Waals surface area contributed by atoms with Crippen molar-refractivity contribution < 1.29 is 14.1 Å². The Labute approximate surface area is 150 Å². The molecule has 2 heterocycles. The van der Waals surface area contributed by atoms with Crippen LogP contribution in [0.3, 0.4) is 0 Å². The number of anilines is 1. The highest BCUT2D eigenvalue weighted by atomic mass is 16.5. The van der Waals surface area contributed by atoms with E-state index in [0.717, 1.165) is 23.2 Å². The summed E-state index contributed by atoms with van der Waals surface area (Å²) >= 11 is 0. The number of ether oxygens (including phenoxy) is 1. The van der Waals surface area contributed by atoms with Gasteiger partial charge in [0.15, 0.2) is 0 Å². The number of hydrogen-bond donors (Lipinski definition) is 1. The van der Waals surface area contributed by atoms with Crippen molar-refractivity contribution in [1.29, 1.82) is 0 Å². The third kappa shape index (κ3) is 2.99. The first kappa shape index (κ1) is 16.1. The van der Waals surface area contributed by atoms with Crippen molar-refractivity contribution in [1.82, 2.24) is 15.5 Å². The second-order valence-corrected chi connectivity index (χ2v) is 5.91. The van der Waals surface area contributed by atoms with Crippen LogP contribution < -0.4 is 15.0 Å². The third-order valence-electron chi connectivity index (χ3n) is 4.26. The second kappa shape index (κ2) is 6.87. The summed E-state index contributed by atoms with van der Waals surface area (Å²) in [6, 6.07) is 14.9. The Hall–Kier alpha value is -3.35. The molecule has 1 aromatic heterocycles. The van der Waals surface area contributed by atoms with Crippen LogP contribution in [0.15, 0.2) is 53.1 Å². The lowest BCUT2D eigenvalue weighted by molar-refractivity contribution is 0.243. The van der Waals surface area contributed by atoms with E-state index in [-0.39, 0.29) is 6.03 Å². The first-order chi connectivity index (χ1) is 12.8. The van der Waals surface area contributed by atoms with Crippen LogP contribution in [0.2, 0.25) is 0 Å². The summed E-state index contributed by atoms with van der Waals surface area (Å²) in [5, 5.41) is 6.92. The number of urea groups is 1. The molecule has 1 saturated heterocycles. The Morgan fingerprint density at radius 1 is 1.19 bits per heavy atom. The van der Waals surface area contributed by atoms with E-state index in [9.17, 15) is 4.79 Å². The average molecular weight is 350 g/mol. The zero-order valence-corrected chi connectivity index (χ0v) is 14.3. The smallest absolute Gasteiger partial charge is 0.321 e. The van der Waals surface area contributed by atoms with Gasteiger partial charge in [-0.1, -0.05) is 23.4 Å². The van der Waals surface area contributed by atoms with Crippen LogP contribution in [0.1, 0.15) is 6.42 Å². The van der Waals surface area contributed by atoms with Crippen LogP contribution in [0.5, 0.6) is 5.75 Å². The molecule has 26 heavy (non-hydrogen) atoms. The van der Waals surface area contributed by atoms with E-state index >= 15 is 0 Å². The molecule has 0 unspecified atom stereocenters. The summed E-state index contributed by atoms with van der Waals surface area (Å²) < 4.78 is 10.8. The molecule has 1 N–H and O–H groups in total. The lowest BCUT2D eigenvalue weighted by atomic mass is 10.1. The number of nitrogens with one attached hydrogen (secondary N) is 1. The van der Waals surface area contributed by atoms with Crippen LogP contribution >= 0.6 is 0 Å². The molecule has 0 spiro atoms. The van der Waals surface area contributed by atoms with Gasteiger partial charge >= 0.3 is 6.03 Å². The van der Waals surface area contributed by atoms with E-state index < -0.39 is 0 Å². The topological polar surface area (TPSA) is 80.5 Å². The Morgan fingerprint density at radius 3 is 2.92 bits per heavy atom. The number of aromatic nitrogens is 2. The number of benzene rings is 2. The van der Waals surface area contributed by atoms with Crippen LogP contribution in [0.4, 0.5) is 10.5 Å². The van der Waals surface area contributed by atoms with E-state index in [1.807, 2.05) is 48.5 Å². The van der Waals surface area contributed by atoms with Gasteiger partial charge in [0.05, 0.1) is 12.7 Å². The standard InChI is InChI=1S/C19H18N4O3/c1-25-16-9-3-2-8-15(16)17-21-18(26-22-17)13-6-4-7-14(12-13)23-11-5-10-20-19(23)24/h2-4,6-9,12H,5,10-11H2,1H3,(H,20,24). The Kier molecular flexibility index (Phi) is 4.27. The molecule has 132 valence electrons. The minimum atomic E-state index is -0.0892. The highest BCUT2D eigenvalue weighted by molar-refractivity contribution is 5.93. The number of carbonyl (C=O) groups excluding carboxylic acids is 1. The van der Waals surface area contributed by atoms with Crippen LogP contribution in [-0.2, 0) is 0 Å². The molecule has 0 bridgehead atoms. The third-order valence-corrected chi connectivity index (χ3v) is 4.26. The molecule has 7 nitrogen and oxygen atoms in total. The predicted octanol–water partition coefficient (Wildman–Crippen LogP) is 3.33. The van der Waals surface area contributed by atoms with Crippen molar-refractivity contribution in [2.75, 3.05) is 25.1 Å². The van der Waals surface area contributed by atoms with Crippen LogP contribution in [0, 0.1) is 0 Å². The quantitative estimate of drug-likeness (QED) is 0.781. The van der Waals surface area contributed by atoms with E-state index in [1.54, 1.807) is 12.0 Å². The first-order valence-electron chi connectivity index (χ1n) is 8.39. The molecule has 7 heteroatoms. The lowest BCUT2D eigenvalue weighted by Gasteiger charge is -2.27. The maximum absolute atomic E-state index is 12.1. The molecule has 2 amide bonds. The van der Waals surface area contributed by atoms with E-state index in [4.69, 9.17) is 9.26 Å². The van der Waals surface area contributed by atoms with E-state index in [2.05, 4.69) is 15.5 Å². The van der Waals surface area contributed by atoms with Crippen molar-refractivity contribution >= 4 is 11.7 Å². The minimum Gasteiger partial charge on any atom is -0.496 e. The molecule has 0 atom stereocenters. The normalized spacial score (nSPS) is 14.2. The Morgan fingerprint density at radius 2 is 2.08 bits per heavy atom. The zero-order valence-electron chi connectivity index (χ0n) is 14.3. The number of nitrogens with zero attached hydrogens (tertiary/aromatic N) is 3. The molecule has 0 radical (unpaired) electrons. The molecule has 3 aromatic rings. The minimum absolute atomic E-state index is 0.0892. The van der Waals surface area contributed by atoms with Gasteiger partial charge in [-0.2, -0.15) is 4.98 Å². The largest absolute Gasteiger partial charge is 0.496 e. The Bertz CT molecular complexity index is 938. The molecule has 0 saturated carbocycles. The first-order valence-corrected chi connectivity index (χ1v) is 8.39. The van der Waals surface area contributed by atoms with E-state index in [0.29, 0.717) is 30.6 Å². The maximum atomic E-state index is 12.1. The van der Waals surface area contributed by atoms with Crippen molar-refractivity contribution in [3.05, 3.63) is 48.5 Å². The monoisotopic (exact) mass is 350 g/mol. The van der Waals surface area contributed by atoms with Crippen molar-refractivity contribution in [2.45, 2.75) is 6.42 Å². The van der Waals surface area contributed by atoms with Crippen LogP contribution in [0.25, 0.3) is 22.8 Å². The van der Waals surface area contributed by atoms with Gasteiger partial charge in [0.1, 0.15) is 5.75 Å². The van der Waals surface area contributed by atoms with Gasteiger partial charge in [-0.25, -0.2) is 4.79 Å². The summed E-state index contributed by atoms with van der Waals surface area (Å²) in [7, 11) is 1.60. The maximum Gasteiger partial charge on any atom is 0.321 e. The highest BCUT2D eigenvalue weighted by Gasteiger charge is 2.20. The summed E-state index contributed by atoms with van der Waals surface area (Å²) in [5.41, 5.74) is 2.32. The number of methoxy groups -OCH3 is 1. The predicted molar refractivity (Wildman–Crippen MR) is 97.1 cm³/mol. The Balaban J connectivity index is 1.66. The number of hydrogen-bond acceptors (Lipinski definition) is 5. The molecule has 1 aliphatic heterocycles. The summed E-state index contributed by atoms with van der Waals surface area (Å²) in [6.45, 7) is 1.40. The molecular formula is C19H18N4O3. The fourth-order valence-electron chi connectivity index (χ4n) is 2.96. The molecular weight excluding hydrogens is 332 g/mol. The summed E-state index contributed by atoms with van der Waals surface area (Å²) in [5.74, 6) is 1.53.